The van der Waals surface area contributed by atoms with Gasteiger partial charge in [-0.15, -0.1) is 0 Å². The van der Waals surface area contributed by atoms with Crippen molar-refractivity contribution in [2.75, 3.05) is 13.2 Å². The molecule has 0 saturated carbocycles. The third kappa shape index (κ3) is 4.00. The van der Waals surface area contributed by atoms with Gasteiger partial charge in [-0.1, -0.05) is 11.8 Å². The Hall–Kier alpha value is -2.22. The largest absolute Gasteiger partial charge is 0.463 e. The van der Waals surface area contributed by atoms with Crippen LogP contribution in [0.4, 0.5) is 8.78 Å². The van der Waals surface area contributed by atoms with Crippen LogP contribution in [0.5, 0.6) is 0 Å². The zero-order chi connectivity index (χ0) is 17.9. The van der Waals surface area contributed by atoms with Crippen LogP contribution in [0.3, 0.4) is 0 Å². The van der Waals surface area contributed by atoms with Crippen LogP contribution in [0.25, 0.3) is 0 Å². The maximum atomic E-state index is 13.2. The van der Waals surface area contributed by atoms with E-state index in [9.17, 15) is 23.2 Å². The Balaban J connectivity index is 2.20. The summed E-state index contributed by atoms with van der Waals surface area (Å²) >= 11 is 1.13. The molecule has 0 spiro atoms. The third-order valence-electron chi connectivity index (χ3n) is 3.25. The molecule has 1 aromatic carbocycles. The number of ketones is 1. The number of hydrogen-bond acceptors (Lipinski definition) is 5. The highest BCUT2D eigenvalue weighted by atomic mass is 32.2. The van der Waals surface area contributed by atoms with Gasteiger partial charge in [0.05, 0.1) is 29.5 Å². The molecule has 0 aliphatic carbocycles. The molecular formula is C16H15F2NO4S. The molecule has 1 fully saturated rings. The Morgan fingerprint density at radius 3 is 2.67 bits per heavy atom. The number of carbonyl (C=O) groups is 3. The summed E-state index contributed by atoms with van der Waals surface area (Å²) in [6, 6.07) is 2.78. The van der Waals surface area contributed by atoms with Crippen molar-refractivity contribution >= 4 is 29.4 Å². The first-order chi connectivity index (χ1) is 11.3. The predicted octanol–water partition coefficient (Wildman–Crippen LogP) is 2.52. The van der Waals surface area contributed by atoms with Crippen molar-refractivity contribution in [3.63, 3.8) is 0 Å². The minimum Gasteiger partial charge on any atom is -0.463 e. The molecule has 0 unspecified atom stereocenters. The van der Waals surface area contributed by atoms with Gasteiger partial charge in [-0.25, -0.2) is 13.6 Å². The molecule has 24 heavy (non-hydrogen) atoms. The molecule has 8 heteroatoms. The van der Waals surface area contributed by atoms with Crippen LogP contribution >= 0.6 is 11.8 Å². The molecule has 1 atom stereocenters. The number of halogens is 2. The van der Waals surface area contributed by atoms with Crippen LogP contribution in [0.2, 0.25) is 0 Å². The molecule has 1 amide bonds. The van der Waals surface area contributed by atoms with Gasteiger partial charge >= 0.3 is 5.97 Å². The van der Waals surface area contributed by atoms with Gasteiger partial charge in [0.15, 0.2) is 17.4 Å². The molecule has 1 aromatic rings. The van der Waals surface area contributed by atoms with Crippen LogP contribution in [-0.4, -0.2) is 41.0 Å². The molecule has 0 bridgehead atoms. The summed E-state index contributed by atoms with van der Waals surface area (Å²) < 4.78 is 31.0. The summed E-state index contributed by atoms with van der Waals surface area (Å²) in [4.78, 5) is 37.1. The molecule has 1 aliphatic rings. The average molecular weight is 355 g/mol. The Labute approximate surface area is 141 Å². The van der Waals surface area contributed by atoms with E-state index in [1.807, 2.05) is 0 Å². The molecule has 1 aliphatic heterocycles. The van der Waals surface area contributed by atoms with Gasteiger partial charge in [0.2, 0.25) is 5.91 Å². The molecule has 5 nitrogen and oxygen atoms in total. The summed E-state index contributed by atoms with van der Waals surface area (Å²) in [5.74, 6) is -3.72. The second kappa shape index (κ2) is 7.57. The fourth-order valence-corrected chi connectivity index (χ4v) is 3.12. The molecule has 128 valence electrons. The maximum Gasteiger partial charge on any atom is 0.333 e. The molecule has 0 radical (unpaired) electrons. The van der Waals surface area contributed by atoms with Crippen molar-refractivity contribution in [1.29, 1.82) is 0 Å². The zero-order valence-corrected chi connectivity index (χ0v) is 13.9. The Bertz CT molecular complexity index is 720. The fourth-order valence-electron chi connectivity index (χ4n) is 2.08. The lowest BCUT2D eigenvalue weighted by atomic mass is 10.1. The number of carbonyl (C=O) groups excluding carboxylic acids is 3. The highest BCUT2D eigenvalue weighted by Gasteiger charge is 2.35. The SMILES string of the molecule is CCOC(=O)/C=C1\S[C@H](C)C(=O)N1CC(=O)c1ccc(F)c(F)c1. The zero-order valence-electron chi connectivity index (χ0n) is 13.0. The smallest absolute Gasteiger partial charge is 0.333 e. The highest BCUT2D eigenvalue weighted by molar-refractivity contribution is 8.04. The number of Topliss-reactive ketones (excluding diaryl/α,β-unsaturated/α-hetero) is 1. The van der Waals surface area contributed by atoms with E-state index in [2.05, 4.69) is 0 Å². The van der Waals surface area contributed by atoms with Crippen molar-refractivity contribution in [2.45, 2.75) is 19.1 Å². The Morgan fingerprint density at radius 1 is 1.33 bits per heavy atom. The number of hydrogen-bond donors (Lipinski definition) is 0. The standard InChI is InChI=1S/C16H15F2NO4S/c1-3-23-15(21)7-14-19(16(22)9(2)24-14)8-13(20)10-4-5-11(17)12(18)6-10/h4-7,9H,3,8H2,1-2H3/b14-7-/t9-/m1/s1. The van der Waals surface area contributed by atoms with E-state index in [1.54, 1.807) is 13.8 Å². The van der Waals surface area contributed by atoms with Crippen molar-refractivity contribution in [2.24, 2.45) is 0 Å². The first kappa shape index (κ1) is 18.1. The van der Waals surface area contributed by atoms with Crippen LogP contribution < -0.4 is 0 Å². The number of thioether (sulfide) groups is 1. The molecule has 2 rings (SSSR count). The summed E-state index contributed by atoms with van der Waals surface area (Å²) in [7, 11) is 0. The predicted molar refractivity (Wildman–Crippen MR) is 84.2 cm³/mol. The lowest BCUT2D eigenvalue weighted by Crippen LogP contribution is -2.33. The Kier molecular flexibility index (Phi) is 5.71. The van der Waals surface area contributed by atoms with E-state index in [4.69, 9.17) is 4.74 Å². The quantitative estimate of drug-likeness (QED) is 0.461. The lowest BCUT2D eigenvalue weighted by molar-refractivity contribution is -0.137. The second-order valence-electron chi connectivity index (χ2n) is 4.97. The van der Waals surface area contributed by atoms with Crippen LogP contribution in [0.1, 0.15) is 24.2 Å². The van der Waals surface area contributed by atoms with Crippen LogP contribution in [0.15, 0.2) is 29.3 Å². The van der Waals surface area contributed by atoms with E-state index in [0.29, 0.717) is 5.03 Å². The van der Waals surface area contributed by atoms with E-state index in [0.717, 1.165) is 40.9 Å². The topological polar surface area (TPSA) is 63.7 Å². The first-order valence-corrected chi connectivity index (χ1v) is 8.06. The molecule has 0 N–H and O–H groups in total. The van der Waals surface area contributed by atoms with Crippen LogP contribution in [0, 0.1) is 11.6 Å². The van der Waals surface area contributed by atoms with E-state index in [-0.39, 0.29) is 24.6 Å². The van der Waals surface area contributed by atoms with Gasteiger partial charge in [0, 0.05) is 5.56 Å². The van der Waals surface area contributed by atoms with Crippen molar-refractivity contribution < 1.29 is 27.9 Å². The number of ether oxygens (including phenoxy) is 1. The minimum atomic E-state index is -1.14. The van der Waals surface area contributed by atoms with Crippen molar-refractivity contribution in [3.05, 3.63) is 46.5 Å². The van der Waals surface area contributed by atoms with E-state index >= 15 is 0 Å². The monoisotopic (exact) mass is 355 g/mol. The summed E-state index contributed by atoms with van der Waals surface area (Å²) in [5.41, 5.74) is -0.0539. The minimum absolute atomic E-state index is 0.0539. The van der Waals surface area contributed by atoms with Crippen molar-refractivity contribution in [1.82, 2.24) is 4.90 Å². The fraction of sp³-hybridized carbons (Fsp3) is 0.312. The maximum absolute atomic E-state index is 13.2. The van der Waals surface area contributed by atoms with E-state index < -0.39 is 28.6 Å². The number of amides is 1. The van der Waals surface area contributed by atoms with Gasteiger partial charge in [-0.2, -0.15) is 0 Å². The van der Waals surface area contributed by atoms with Crippen molar-refractivity contribution in [3.8, 4) is 0 Å². The molecule has 1 heterocycles. The van der Waals surface area contributed by atoms with Gasteiger partial charge < -0.3 is 4.74 Å². The summed E-state index contributed by atoms with van der Waals surface area (Å²) in [5, 5.41) is -0.162. The molecule has 0 aromatic heterocycles. The first-order valence-electron chi connectivity index (χ1n) is 7.18. The molecule has 1 saturated heterocycles. The lowest BCUT2D eigenvalue weighted by Gasteiger charge is -2.16. The number of rotatable bonds is 5. The summed E-state index contributed by atoms with van der Waals surface area (Å²) in [6.07, 6.45) is 1.15. The second-order valence-corrected chi connectivity index (χ2v) is 6.33. The molecular weight excluding hydrogens is 340 g/mol. The van der Waals surface area contributed by atoms with E-state index in [1.165, 1.54) is 0 Å². The summed E-state index contributed by atoms with van der Waals surface area (Å²) in [6.45, 7) is 3.11. The number of esters is 1. The van der Waals surface area contributed by atoms with Gasteiger partial charge in [0.1, 0.15) is 0 Å². The van der Waals surface area contributed by atoms with Gasteiger partial charge in [-0.3, -0.25) is 14.5 Å². The van der Waals surface area contributed by atoms with Crippen LogP contribution in [-0.2, 0) is 14.3 Å². The number of nitrogens with zero attached hydrogens (tertiary/aromatic N) is 1. The third-order valence-corrected chi connectivity index (χ3v) is 4.38. The average Bonchev–Trinajstić information content (AvgIpc) is 2.77. The Morgan fingerprint density at radius 2 is 2.04 bits per heavy atom. The normalized spacial score (nSPS) is 19.0. The number of benzene rings is 1. The highest BCUT2D eigenvalue weighted by Crippen LogP contribution is 2.34. The van der Waals surface area contributed by atoms with Gasteiger partial charge in [-0.05, 0) is 32.0 Å². The van der Waals surface area contributed by atoms with Gasteiger partial charge in [0.25, 0.3) is 0 Å².